The van der Waals surface area contributed by atoms with Crippen LogP contribution in [0.2, 0.25) is 10.0 Å². The summed E-state index contributed by atoms with van der Waals surface area (Å²) in [5.74, 6) is 1.23. The average molecular weight is 402 g/mol. The van der Waals surface area contributed by atoms with Crippen LogP contribution in [0.25, 0.3) is 10.6 Å². The first-order valence-electron chi connectivity index (χ1n) is 6.95. The van der Waals surface area contributed by atoms with Gasteiger partial charge in [-0.2, -0.15) is 0 Å². The molecule has 0 saturated heterocycles. The van der Waals surface area contributed by atoms with Crippen LogP contribution < -0.4 is 4.72 Å². The minimum Gasteiger partial charge on any atom is -0.459 e. The highest BCUT2D eigenvalue weighted by molar-refractivity contribution is 7.89. The largest absolute Gasteiger partial charge is 0.459 e. The molecule has 0 aliphatic heterocycles. The first kappa shape index (κ1) is 17.5. The van der Waals surface area contributed by atoms with Gasteiger partial charge in [0.25, 0.3) is 0 Å². The summed E-state index contributed by atoms with van der Waals surface area (Å²) in [5.41, 5.74) is 0.638. The maximum absolute atomic E-state index is 12.4. The molecule has 2 aromatic heterocycles. The molecule has 0 fully saturated rings. The topological polar surface area (TPSA) is 59.3 Å². The van der Waals surface area contributed by atoms with E-state index in [9.17, 15) is 8.42 Å². The highest BCUT2D eigenvalue weighted by atomic mass is 35.5. The maximum Gasteiger partial charge on any atom is 0.242 e. The number of aryl methyl sites for hydroxylation is 1. The van der Waals surface area contributed by atoms with Crippen LogP contribution in [0.15, 0.2) is 51.1 Å². The van der Waals surface area contributed by atoms with Crippen molar-refractivity contribution in [3.05, 3.63) is 63.1 Å². The molecule has 24 heavy (non-hydrogen) atoms. The normalized spacial score (nSPS) is 11.8. The molecule has 0 amide bonds. The third kappa shape index (κ3) is 3.68. The predicted molar refractivity (Wildman–Crippen MR) is 97.2 cm³/mol. The SMILES string of the molecule is Cc1cc(S(=O)(=O)NCc2ccc(-c3cccs3)o2)c(Cl)cc1Cl. The van der Waals surface area contributed by atoms with Crippen LogP contribution in [0.5, 0.6) is 0 Å². The quantitative estimate of drug-likeness (QED) is 0.646. The van der Waals surface area contributed by atoms with E-state index in [2.05, 4.69) is 4.72 Å². The number of furan rings is 1. The van der Waals surface area contributed by atoms with Crippen molar-refractivity contribution >= 4 is 44.6 Å². The van der Waals surface area contributed by atoms with Gasteiger partial charge in [-0.25, -0.2) is 13.1 Å². The van der Waals surface area contributed by atoms with E-state index in [-0.39, 0.29) is 16.5 Å². The van der Waals surface area contributed by atoms with Crippen molar-refractivity contribution in [1.29, 1.82) is 0 Å². The van der Waals surface area contributed by atoms with Crippen LogP contribution in [0, 0.1) is 6.92 Å². The van der Waals surface area contributed by atoms with Crippen LogP contribution in [0.3, 0.4) is 0 Å². The average Bonchev–Trinajstić information content (AvgIpc) is 3.19. The Morgan fingerprint density at radius 3 is 2.67 bits per heavy atom. The minimum atomic E-state index is -3.77. The maximum atomic E-state index is 12.4. The number of halogens is 2. The van der Waals surface area contributed by atoms with Crippen LogP contribution in [-0.4, -0.2) is 8.42 Å². The number of rotatable bonds is 5. The molecule has 0 saturated carbocycles. The number of sulfonamides is 1. The third-order valence-corrected chi connectivity index (χ3v) is 6.52. The number of hydrogen-bond donors (Lipinski definition) is 1. The van der Waals surface area contributed by atoms with Crippen molar-refractivity contribution < 1.29 is 12.8 Å². The monoisotopic (exact) mass is 401 g/mol. The molecule has 3 rings (SSSR count). The van der Waals surface area contributed by atoms with Gasteiger partial charge < -0.3 is 4.42 Å². The number of benzene rings is 1. The molecule has 0 aliphatic carbocycles. The van der Waals surface area contributed by atoms with Gasteiger partial charge in [-0.1, -0.05) is 29.3 Å². The molecule has 126 valence electrons. The number of thiophene rings is 1. The van der Waals surface area contributed by atoms with Gasteiger partial charge in [-0.15, -0.1) is 11.3 Å². The first-order chi connectivity index (χ1) is 11.4. The summed E-state index contributed by atoms with van der Waals surface area (Å²) >= 11 is 13.5. The Hall–Kier alpha value is -1.31. The van der Waals surface area contributed by atoms with Gasteiger partial charge in [0.15, 0.2) is 0 Å². The Balaban J connectivity index is 1.78. The van der Waals surface area contributed by atoms with E-state index in [1.54, 1.807) is 24.3 Å². The van der Waals surface area contributed by atoms with Crippen LogP contribution in [0.4, 0.5) is 0 Å². The van der Waals surface area contributed by atoms with Crippen molar-refractivity contribution in [2.45, 2.75) is 18.4 Å². The van der Waals surface area contributed by atoms with Gasteiger partial charge in [0.05, 0.1) is 16.4 Å². The zero-order chi connectivity index (χ0) is 17.3. The Labute approximate surface area is 154 Å². The van der Waals surface area contributed by atoms with Gasteiger partial charge in [0.1, 0.15) is 16.4 Å². The smallest absolute Gasteiger partial charge is 0.242 e. The Morgan fingerprint density at radius 1 is 1.17 bits per heavy atom. The number of nitrogens with one attached hydrogen (secondary N) is 1. The Morgan fingerprint density at radius 2 is 1.96 bits per heavy atom. The van der Waals surface area contributed by atoms with Gasteiger partial charge in [0.2, 0.25) is 10.0 Å². The summed E-state index contributed by atoms with van der Waals surface area (Å²) in [4.78, 5) is 0.983. The van der Waals surface area contributed by atoms with E-state index in [0.29, 0.717) is 22.1 Å². The van der Waals surface area contributed by atoms with E-state index in [4.69, 9.17) is 27.6 Å². The molecule has 2 heterocycles. The molecule has 0 atom stereocenters. The molecule has 3 aromatic rings. The fraction of sp³-hybridized carbons (Fsp3) is 0.125. The summed E-state index contributed by atoms with van der Waals surface area (Å²) in [7, 11) is -3.77. The van der Waals surface area contributed by atoms with E-state index in [1.807, 2.05) is 23.6 Å². The van der Waals surface area contributed by atoms with Crippen molar-refractivity contribution in [2.75, 3.05) is 0 Å². The second-order valence-corrected chi connectivity index (χ2v) is 8.60. The number of hydrogen-bond acceptors (Lipinski definition) is 4. The molecule has 0 radical (unpaired) electrons. The van der Waals surface area contributed by atoms with Gasteiger partial charge >= 0.3 is 0 Å². The highest BCUT2D eigenvalue weighted by Gasteiger charge is 2.20. The molecule has 8 heteroatoms. The van der Waals surface area contributed by atoms with Gasteiger partial charge in [0, 0.05) is 5.02 Å². The molecule has 0 bridgehead atoms. The predicted octanol–water partition coefficient (Wildman–Crippen LogP) is 5.10. The van der Waals surface area contributed by atoms with Crippen molar-refractivity contribution in [1.82, 2.24) is 4.72 Å². The second kappa shape index (κ2) is 6.90. The lowest BCUT2D eigenvalue weighted by atomic mass is 10.2. The minimum absolute atomic E-state index is 0.00361. The fourth-order valence-electron chi connectivity index (χ4n) is 2.10. The third-order valence-electron chi connectivity index (χ3n) is 3.36. The summed E-state index contributed by atoms with van der Waals surface area (Å²) < 4.78 is 33.0. The van der Waals surface area contributed by atoms with Crippen molar-refractivity contribution in [3.63, 3.8) is 0 Å². The zero-order valence-corrected chi connectivity index (χ0v) is 15.7. The van der Waals surface area contributed by atoms with E-state index < -0.39 is 10.0 Å². The molecule has 1 aromatic carbocycles. The zero-order valence-electron chi connectivity index (χ0n) is 12.5. The summed E-state index contributed by atoms with van der Waals surface area (Å²) in [6.45, 7) is 1.75. The van der Waals surface area contributed by atoms with Gasteiger partial charge in [-0.05, 0) is 48.2 Å². The fourth-order valence-corrected chi connectivity index (χ4v) is 4.61. The van der Waals surface area contributed by atoms with Crippen molar-refractivity contribution in [3.8, 4) is 10.6 Å². The summed E-state index contributed by atoms with van der Waals surface area (Å²) in [6.07, 6.45) is 0. The second-order valence-electron chi connectivity index (χ2n) is 5.10. The molecule has 1 N–H and O–H groups in total. The molecule has 0 aliphatic rings. The molecular weight excluding hydrogens is 389 g/mol. The van der Waals surface area contributed by atoms with E-state index >= 15 is 0 Å². The van der Waals surface area contributed by atoms with Crippen LogP contribution in [-0.2, 0) is 16.6 Å². The van der Waals surface area contributed by atoms with E-state index in [0.717, 1.165) is 4.88 Å². The Kier molecular flexibility index (Phi) is 5.03. The summed E-state index contributed by atoms with van der Waals surface area (Å²) in [5, 5.41) is 2.45. The van der Waals surface area contributed by atoms with Crippen LogP contribution in [0.1, 0.15) is 11.3 Å². The first-order valence-corrected chi connectivity index (χ1v) is 10.1. The summed E-state index contributed by atoms with van der Waals surface area (Å²) in [6, 6.07) is 10.3. The lowest BCUT2D eigenvalue weighted by Crippen LogP contribution is -2.23. The van der Waals surface area contributed by atoms with Crippen molar-refractivity contribution in [2.24, 2.45) is 0 Å². The molecule has 4 nitrogen and oxygen atoms in total. The Bertz CT molecular complexity index is 963. The van der Waals surface area contributed by atoms with Crippen LogP contribution >= 0.6 is 34.5 Å². The lowest BCUT2D eigenvalue weighted by molar-refractivity contribution is 0.510. The standard InChI is InChI=1S/C16H13Cl2NO3S2/c1-10-7-16(13(18)8-12(10)17)24(20,21)19-9-11-4-5-14(22-11)15-3-2-6-23-15/h2-8,19H,9H2,1H3. The van der Waals surface area contributed by atoms with E-state index in [1.165, 1.54) is 12.1 Å². The molecule has 0 spiro atoms. The highest BCUT2D eigenvalue weighted by Crippen LogP contribution is 2.29. The molecular formula is C16H13Cl2NO3S2. The lowest BCUT2D eigenvalue weighted by Gasteiger charge is -2.09. The molecule has 0 unspecified atom stereocenters. The van der Waals surface area contributed by atoms with Gasteiger partial charge in [-0.3, -0.25) is 0 Å².